The van der Waals surface area contributed by atoms with Gasteiger partial charge in [-0.15, -0.1) is 0 Å². The molecule has 0 atom stereocenters. The molecule has 1 aromatic rings. The molecule has 0 heteroatoms. The van der Waals surface area contributed by atoms with Crippen LogP contribution < -0.4 is 0 Å². The maximum Gasteiger partial charge on any atom is -0.00612 e. The van der Waals surface area contributed by atoms with E-state index in [2.05, 4.69) is 79.3 Å². The van der Waals surface area contributed by atoms with E-state index in [1.807, 2.05) is 0 Å². The van der Waals surface area contributed by atoms with Crippen molar-refractivity contribution >= 4 is 0 Å². The molecule has 0 saturated heterocycles. The lowest BCUT2D eigenvalue weighted by atomic mass is 9.86. The molecule has 0 bridgehead atoms. The molecule has 0 spiro atoms. The van der Waals surface area contributed by atoms with Gasteiger partial charge in [-0.05, 0) is 74.6 Å². The Balaban J connectivity index is 0.000000397. The molecular formula is C31H50. The van der Waals surface area contributed by atoms with Gasteiger partial charge in [0.05, 0.1) is 0 Å². The van der Waals surface area contributed by atoms with Crippen molar-refractivity contribution in [3.63, 3.8) is 0 Å². The van der Waals surface area contributed by atoms with Crippen LogP contribution in [-0.4, -0.2) is 0 Å². The van der Waals surface area contributed by atoms with Gasteiger partial charge in [0.1, 0.15) is 0 Å². The van der Waals surface area contributed by atoms with Crippen molar-refractivity contribution in [1.29, 1.82) is 0 Å². The summed E-state index contributed by atoms with van der Waals surface area (Å²) >= 11 is 0. The number of benzene rings is 1. The summed E-state index contributed by atoms with van der Waals surface area (Å²) in [6.07, 6.45) is 16.9. The summed E-state index contributed by atoms with van der Waals surface area (Å²) in [6.45, 7) is 19.5. The van der Waals surface area contributed by atoms with Crippen LogP contribution in [0, 0.1) is 12.8 Å². The normalized spacial score (nSPS) is 16.5. The Morgan fingerprint density at radius 3 is 2.13 bits per heavy atom. The molecular weight excluding hydrogens is 372 g/mol. The summed E-state index contributed by atoms with van der Waals surface area (Å²) in [5, 5.41) is 0. The lowest BCUT2D eigenvalue weighted by Gasteiger charge is -2.19. The van der Waals surface area contributed by atoms with Crippen molar-refractivity contribution in [3.8, 4) is 0 Å². The van der Waals surface area contributed by atoms with Gasteiger partial charge in [-0.1, -0.05) is 120 Å². The highest BCUT2D eigenvalue weighted by atomic mass is 14.2. The zero-order valence-electron chi connectivity index (χ0n) is 21.9. The van der Waals surface area contributed by atoms with Crippen LogP contribution in [-0.2, 0) is 12.8 Å². The first kappa shape index (κ1) is 27.5. The second kappa shape index (κ2) is 15.3. The molecule has 1 saturated carbocycles. The monoisotopic (exact) mass is 422 g/mol. The molecule has 1 aromatic carbocycles. The van der Waals surface area contributed by atoms with Gasteiger partial charge in [-0.25, -0.2) is 0 Å². The smallest absolute Gasteiger partial charge is 0.00612 e. The second-order valence-corrected chi connectivity index (χ2v) is 9.87. The first-order chi connectivity index (χ1) is 14.8. The average molecular weight is 423 g/mol. The van der Waals surface area contributed by atoms with Gasteiger partial charge >= 0.3 is 0 Å². The molecule has 0 amide bonds. The zero-order valence-corrected chi connectivity index (χ0v) is 21.9. The van der Waals surface area contributed by atoms with E-state index in [-0.39, 0.29) is 0 Å². The van der Waals surface area contributed by atoms with Crippen molar-refractivity contribution in [2.24, 2.45) is 5.92 Å². The average Bonchev–Trinajstić information content (AvgIpc) is 2.73. The molecule has 31 heavy (non-hydrogen) atoms. The Morgan fingerprint density at radius 1 is 1.00 bits per heavy atom. The number of hydrogen-bond donors (Lipinski definition) is 0. The summed E-state index contributed by atoms with van der Waals surface area (Å²) in [5.41, 5.74) is 10.1. The molecule has 2 aliphatic carbocycles. The highest BCUT2D eigenvalue weighted by Gasteiger charge is 2.12. The maximum absolute atomic E-state index is 4.07. The van der Waals surface area contributed by atoms with Gasteiger partial charge in [-0.3, -0.25) is 0 Å². The van der Waals surface area contributed by atoms with E-state index >= 15 is 0 Å². The van der Waals surface area contributed by atoms with Crippen LogP contribution in [0.2, 0.25) is 0 Å². The Labute approximate surface area is 194 Å². The van der Waals surface area contributed by atoms with Crippen LogP contribution in [0.5, 0.6) is 0 Å². The minimum absolute atomic E-state index is 1.04. The van der Waals surface area contributed by atoms with E-state index in [1.54, 1.807) is 5.57 Å². The van der Waals surface area contributed by atoms with E-state index in [4.69, 9.17) is 0 Å². The topological polar surface area (TPSA) is 0 Å². The van der Waals surface area contributed by atoms with Crippen molar-refractivity contribution in [2.45, 2.75) is 119 Å². The van der Waals surface area contributed by atoms with Crippen LogP contribution in [0.15, 0.2) is 53.1 Å². The standard InChI is InChI=1S/C21H28.C7H14.C3H8/c1-6-7-20-13-18(9-8-16(20)4)14-21-11-10-19(15(2)3)12-17(21)5;1-7-5-3-2-4-6-7;1-3-2/h8-9,12-13H,2,6-7,10-11,14H2,1,3-5H3;7H,2-6H2,1H3;3H2,1-2H3. The van der Waals surface area contributed by atoms with Crippen LogP contribution in [0.4, 0.5) is 0 Å². The first-order valence-electron chi connectivity index (χ1n) is 13.0. The van der Waals surface area contributed by atoms with E-state index < -0.39 is 0 Å². The highest BCUT2D eigenvalue weighted by molar-refractivity contribution is 5.42. The molecule has 3 rings (SSSR count). The molecule has 0 unspecified atom stereocenters. The Hall–Kier alpha value is -1.56. The summed E-state index contributed by atoms with van der Waals surface area (Å²) in [7, 11) is 0. The Morgan fingerprint density at radius 2 is 1.65 bits per heavy atom. The number of aryl methyl sites for hydroxylation is 2. The zero-order chi connectivity index (χ0) is 23.2. The molecule has 174 valence electrons. The third-order valence-corrected chi connectivity index (χ3v) is 6.44. The molecule has 2 aliphatic rings. The van der Waals surface area contributed by atoms with Gasteiger partial charge in [0, 0.05) is 0 Å². The Bertz CT molecular complexity index is 722. The summed E-state index contributed by atoms with van der Waals surface area (Å²) < 4.78 is 0. The van der Waals surface area contributed by atoms with Crippen molar-refractivity contribution in [2.75, 3.05) is 0 Å². The first-order valence-corrected chi connectivity index (χ1v) is 13.0. The molecule has 0 nitrogen and oxygen atoms in total. The molecule has 0 heterocycles. The van der Waals surface area contributed by atoms with E-state index in [1.165, 1.54) is 91.2 Å². The summed E-state index contributed by atoms with van der Waals surface area (Å²) in [4.78, 5) is 0. The fraction of sp³-hybridized carbons (Fsp3) is 0.613. The lowest BCUT2D eigenvalue weighted by Crippen LogP contribution is -2.02. The van der Waals surface area contributed by atoms with E-state index in [0.29, 0.717) is 0 Å². The molecule has 1 fully saturated rings. The predicted octanol–water partition coefficient (Wildman–Crippen LogP) is 10.1. The van der Waals surface area contributed by atoms with Gasteiger partial charge in [0.25, 0.3) is 0 Å². The largest absolute Gasteiger partial charge is 0.0958 e. The predicted molar refractivity (Wildman–Crippen MR) is 142 cm³/mol. The minimum atomic E-state index is 1.04. The lowest BCUT2D eigenvalue weighted by molar-refractivity contribution is 0.385. The van der Waals surface area contributed by atoms with Crippen LogP contribution in [0.25, 0.3) is 0 Å². The van der Waals surface area contributed by atoms with Crippen LogP contribution in [0.3, 0.4) is 0 Å². The van der Waals surface area contributed by atoms with Gasteiger partial charge in [0.2, 0.25) is 0 Å². The van der Waals surface area contributed by atoms with Gasteiger partial charge < -0.3 is 0 Å². The van der Waals surface area contributed by atoms with Crippen molar-refractivity contribution < 1.29 is 0 Å². The molecule has 0 radical (unpaired) electrons. The number of rotatable bonds is 5. The third kappa shape index (κ3) is 10.5. The molecule has 0 N–H and O–H groups in total. The van der Waals surface area contributed by atoms with Gasteiger partial charge in [0.15, 0.2) is 0 Å². The molecule has 0 aliphatic heterocycles. The maximum atomic E-state index is 4.07. The second-order valence-electron chi connectivity index (χ2n) is 9.87. The quantitative estimate of drug-likeness (QED) is 0.442. The number of hydrogen-bond acceptors (Lipinski definition) is 0. The summed E-state index contributed by atoms with van der Waals surface area (Å²) in [5.74, 6) is 1.04. The Kier molecular flexibility index (Phi) is 13.5. The van der Waals surface area contributed by atoms with Crippen LogP contribution in [0.1, 0.15) is 116 Å². The fourth-order valence-electron chi connectivity index (χ4n) is 4.41. The van der Waals surface area contributed by atoms with E-state index in [0.717, 1.165) is 18.8 Å². The highest BCUT2D eigenvalue weighted by Crippen LogP contribution is 2.30. The number of allylic oxidation sites excluding steroid dienone is 5. The van der Waals surface area contributed by atoms with Crippen molar-refractivity contribution in [3.05, 3.63) is 69.8 Å². The van der Waals surface area contributed by atoms with Gasteiger partial charge in [-0.2, -0.15) is 0 Å². The van der Waals surface area contributed by atoms with Crippen molar-refractivity contribution in [1.82, 2.24) is 0 Å². The SMILES string of the molecule is C=C(C)C1=CC(C)=C(Cc2ccc(C)c(CCC)c2)CC1.CC1CCCCC1.CCC. The molecule has 0 aromatic heterocycles. The van der Waals surface area contributed by atoms with E-state index in [9.17, 15) is 0 Å². The van der Waals surface area contributed by atoms with Crippen LogP contribution >= 0.6 is 0 Å². The minimum Gasteiger partial charge on any atom is -0.0958 e. The summed E-state index contributed by atoms with van der Waals surface area (Å²) in [6, 6.07) is 7.00. The fourth-order valence-corrected chi connectivity index (χ4v) is 4.41. The third-order valence-electron chi connectivity index (χ3n) is 6.44.